The van der Waals surface area contributed by atoms with Crippen LogP contribution in [0.3, 0.4) is 0 Å². The highest BCUT2D eigenvalue weighted by Gasteiger charge is 2.19. The first-order chi connectivity index (χ1) is 9.22. The first-order valence-corrected chi connectivity index (χ1v) is 6.56. The van der Waals surface area contributed by atoms with E-state index in [1.165, 1.54) is 11.3 Å². The number of benzene rings is 1. The molecule has 1 N–H and O–H groups in total. The second kappa shape index (κ2) is 6.15. The normalized spacial score (nSPS) is 12.5. The van der Waals surface area contributed by atoms with E-state index < -0.39 is 5.97 Å². The molecule has 2 aromatic rings. The summed E-state index contributed by atoms with van der Waals surface area (Å²) in [5.41, 5.74) is 0.937. The van der Waals surface area contributed by atoms with Crippen molar-refractivity contribution in [2.45, 2.75) is 13.0 Å². The third-order valence-electron chi connectivity index (χ3n) is 2.47. The Morgan fingerprint density at radius 1 is 1.32 bits per heavy atom. The van der Waals surface area contributed by atoms with Gasteiger partial charge in [0.25, 0.3) is 0 Å². The minimum Gasteiger partial charge on any atom is -0.477 e. The highest BCUT2D eigenvalue weighted by Crippen LogP contribution is 2.31. The van der Waals surface area contributed by atoms with Crippen LogP contribution in [0.1, 0.15) is 33.1 Å². The van der Waals surface area contributed by atoms with Crippen molar-refractivity contribution in [1.29, 1.82) is 0 Å². The number of nitrogens with zero attached hydrogens (tertiary/aromatic N) is 1. The maximum absolute atomic E-state index is 10.9. The van der Waals surface area contributed by atoms with Gasteiger partial charge in [-0.3, -0.25) is 0 Å². The van der Waals surface area contributed by atoms with Gasteiger partial charge in [0.15, 0.2) is 6.10 Å². The highest BCUT2D eigenvalue weighted by molar-refractivity contribution is 7.14. The molecule has 1 unspecified atom stereocenters. The van der Waals surface area contributed by atoms with E-state index in [9.17, 15) is 4.79 Å². The number of carboxylic acids is 1. The SMILES string of the molecule is CC=NOC(c1ccccc1)c1ccc(C(=O)O)s1. The lowest BCUT2D eigenvalue weighted by Gasteiger charge is -2.13. The fourth-order valence-corrected chi connectivity index (χ4v) is 2.53. The monoisotopic (exact) mass is 275 g/mol. The van der Waals surface area contributed by atoms with Crippen molar-refractivity contribution in [3.8, 4) is 0 Å². The topological polar surface area (TPSA) is 58.9 Å². The molecule has 2 rings (SSSR count). The molecule has 0 saturated carbocycles. The predicted octanol–water partition coefficient (Wildman–Crippen LogP) is 3.56. The van der Waals surface area contributed by atoms with E-state index in [0.717, 1.165) is 10.4 Å². The van der Waals surface area contributed by atoms with Crippen LogP contribution in [0.2, 0.25) is 0 Å². The van der Waals surface area contributed by atoms with Gasteiger partial charge in [-0.2, -0.15) is 0 Å². The average molecular weight is 275 g/mol. The average Bonchev–Trinajstić information content (AvgIpc) is 2.90. The third kappa shape index (κ3) is 3.20. The molecule has 0 bridgehead atoms. The van der Waals surface area contributed by atoms with Gasteiger partial charge in [0, 0.05) is 11.8 Å². The number of carbonyl (C=O) groups is 1. The molecule has 19 heavy (non-hydrogen) atoms. The molecule has 1 atom stereocenters. The lowest BCUT2D eigenvalue weighted by molar-refractivity contribution is 0.0702. The van der Waals surface area contributed by atoms with Gasteiger partial charge in [0.2, 0.25) is 0 Å². The van der Waals surface area contributed by atoms with Gasteiger partial charge in [0.1, 0.15) is 4.88 Å². The number of rotatable bonds is 5. The molecule has 4 nitrogen and oxygen atoms in total. The van der Waals surface area contributed by atoms with Crippen molar-refractivity contribution in [2.24, 2.45) is 5.16 Å². The van der Waals surface area contributed by atoms with Crippen LogP contribution in [0.15, 0.2) is 47.6 Å². The van der Waals surface area contributed by atoms with Crippen LogP contribution in [0.5, 0.6) is 0 Å². The number of aromatic carboxylic acids is 1. The van der Waals surface area contributed by atoms with Gasteiger partial charge in [-0.05, 0) is 19.1 Å². The Bertz CT molecular complexity index is 577. The number of carboxylic acid groups (broad SMARTS) is 1. The van der Waals surface area contributed by atoms with E-state index >= 15 is 0 Å². The van der Waals surface area contributed by atoms with Gasteiger partial charge in [-0.25, -0.2) is 4.79 Å². The lowest BCUT2D eigenvalue weighted by Crippen LogP contribution is -2.00. The molecular weight excluding hydrogens is 262 g/mol. The largest absolute Gasteiger partial charge is 0.477 e. The van der Waals surface area contributed by atoms with Crippen molar-refractivity contribution < 1.29 is 14.7 Å². The quantitative estimate of drug-likeness (QED) is 0.670. The van der Waals surface area contributed by atoms with E-state index in [1.807, 2.05) is 30.3 Å². The van der Waals surface area contributed by atoms with E-state index in [1.54, 1.807) is 25.3 Å². The predicted molar refractivity (Wildman–Crippen MR) is 74.8 cm³/mol. The van der Waals surface area contributed by atoms with Gasteiger partial charge in [-0.1, -0.05) is 35.5 Å². The Morgan fingerprint density at radius 2 is 2.05 bits per heavy atom. The van der Waals surface area contributed by atoms with Gasteiger partial charge in [-0.15, -0.1) is 11.3 Å². The Morgan fingerprint density at radius 3 is 2.63 bits per heavy atom. The van der Waals surface area contributed by atoms with Gasteiger partial charge in [0.05, 0.1) is 4.88 Å². The summed E-state index contributed by atoms with van der Waals surface area (Å²) in [6, 6.07) is 12.9. The molecular formula is C14H13NO3S. The summed E-state index contributed by atoms with van der Waals surface area (Å²) >= 11 is 1.20. The summed E-state index contributed by atoms with van der Waals surface area (Å²) in [7, 11) is 0. The minimum atomic E-state index is -0.929. The summed E-state index contributed by atoms with van der Waals surface area (Å²) in [4.78, 5) is 17.5. The van der Waals surface area contributed by atoms with Crippen LogP contribution in [-0.4, -0.2) is 17.3 Å². The minimum absolute atomic E-state index is 0.292. The molecule has 0 aliphatic rings. The molecule has 0 spiro atoms. The summed E-state index contributed by atoms with van der Waals surface area (Å²) in [5, 5.41) is 12.8. The Hall–Kier alpha value is -2.14. The van der Waals surface area contributed by atoms with Gasteiger partial charge < -0.3 is 9.94 Å². The Kier molecular flexibility index (Phi) is 4.30. The summed E-state index contributed by atoms with van der Waals surface area (Å²) in [6.07, 6.45) is 1.18. The van der Waals surface area contributed by atoms with Crippen LogP contribution in [0.4, 0.5) is 0 Å². The first kappa shape index (κ1) is 13.3. The van der Waals surface area contributed by atoms with Crippen LogP contribution in [-0.2, 0) is 4.84 Å². The van der Waals surface area contributed by atoms with E-state index in [4.69, 9.17) is 9.94 Å². The van der Waals surface area contributed by atoms with Crippen LogP contribution >= 0.6 is 11.3 Å². The Balaban J connectivity index is 2.34. The van der Waals surface area contributed by atoms with Crippen LogP contribution < -0.4 is 0 Å². The van der Waals surface area contributed by atoms with Crippen molar-refractivity contribution in [3.63, 3.8) is 0 Å². The smallest absolute Gasteiger partial charge is 0.345 e. The summed E-state index contributed by atoms with van der Waals surface area (Å²) in [6.45, 7) is 1.76. The molecule has 0 aliphatic heterocycles. The molecule has 0 aliphatic carbocycles. The summed E-state index contributed by atoms with van der Waals surface area (Å²) < 4.78 is 0. The Labute approximate surface area is 115 Å². The molecule has 0 amide bonds. The fourth-order valence-electron chi connectivity index (χ4n) is 1.64. The summed E-state index contributed by atoms with van der Waals surface area (Å²) in [5.74, 6) is -0.929. The van der Waals surface area contributed by atoms with E-state index in [2.05, 4.69) is 5.16 Å². The third-order valence-corrected chi connectivity index (χ3v) is 3.59. The number of hydrogen-bond acceptors (Lipinski definition) is 4. The zero-order valence-corrected chi connectivity index (χ0v) is 11.1. The molecule has 0 saturated heterocycles. The molecule has 0 fully saturated rings. The molecule has 1 aromatic heterocycles. The lowest BCUT2D eigenvalue weighted by atomic mass is 10.1. The maximum atomic E-state index is 10.9. The maximum Gasteiger partial charge on any atom is 0.345 e. The van der Waals surface area contributed by atoms with Gasteiger partial charge >= 0.3 is 5.97 Å². The second-order valence-corrected chi connectivity index (χ2v) is 4.88. The van der Waals surface area contributed by atoms with Crippen molar-refractivity contribution in [1.82, 2.24) is 0 Å². The molecule has 0 radical (unpaired) electrons. The van der Waals surface area contributed by atoms with Crippen LogP contribution in [0, 0.1) is 0 Å². The molecule has 5 heteroatoms. The zero-order chi connectivity index (χ0) is 13.7. The van der Waals surface area contributed by atoms with Crippen molar-refractivity contribution in [2.75, 3.05) is 0 Å². The number of oxime groups is 1. The van der Waals surface area contributed by atoms with Crippen LogP contribution in [0.25, 0.3) is 0 Å². The van der Waals surface area contributed by atoms with E-state index in [0.29, 0.717) is 4.88 Å². The molecule has 98 valence electrons. The van der Waals surface area contributed by atoms with E-state index in [-0.39, 0.29) is 6.10 Å². The standard InChI is InChI=1S/C14H13NO3S/c1-2-15-18-13(10-6-4-3-5-7-10)11-8-9-12(19-11)14(16)17/h2-9,13H,1H3,(H,16,17). The number of thiophene rings is 1. The number of hydrogen-bond donors (Lipinski definition) is 1. The van der Waals surface area contributed by atoms with Crippen molar-refractivity contribution >= 4 is 23.5 Å². The second-order valence-electron chi connectivity index (χ2n) is 3.77. The van der Waals surface area contributed by atoms with Crippen molar-refractivity contribution in [3.05, 3.63) is 57.8 Å². The molecule has 1 heterocycles. The zero-order valence-electron chi connectivity index (χ0n) is 10.3. The highest BCUT2D eigenvalue weighted by atomic mass is 32.1. The first-order valence-electron chi connectivity index (χ1n) is 5.74. The molecule has 1 aromatic carbocycles. The fraction of sp³-hybridized carbons (Fsp3) is 0.143.